The fourth-order valence-electron chi connectivity index (χ4n) is 4.33. The summed E-state index contributed by atoms with van der Waals surface area (Å²) in [5, 5.41) is 28.1. The molecule has 0 unspecified atom stereocenters. The number of aliphatic imine (C=N–C) groups is 1. The normalized spacial score (nSPS) is 16.8. The molecule has 0 radical (unpaired) electrons. The molecule has 1 aliphatic heterocycles. The van der Waals surface area contributed by atoms with Gasteiger partial charge in [0.05, 0.1) is 19.6 Å². The zero-order chi connectivity index (χ0) is 34.1. The molecule has 0 aromatic heterocycles. The number of hydrogen-bond acceptors (Lipinski definition) is 11. The standard InChI is InChI=1S/C25H44N10O9S/c1-45-9-6-14(33-20(39)13(26)12-36)21(40)34-16(10-18(27)37)23(42)35-8-3-5-17(35)22(41)31-11-19(38)32-15(24(43)44)4-2-7-30-25(28)29/h13-17,36H,2-12,26H2,1H3,(H2,27,37)(H,31,41)(H,32,38)(H,33,39)(H,34,40)(H,43,44)(H4,28,29,30)/t13-,14-,15-,16-,17-/m0/s1. The van der Waals surface area contributed by atoms with Crippen molar-refractivity contribution in [1.29, 1.82) is 0 Å². The highest BCUT2D eigenvalue weighted by Crippen LogP contribution is 2.19. The number of aliphatic carboxylic acids is 1. The maximum Gasteiger partial charge on any atom is 0.326 e. The van der Waals surface area contributed by atoms with Crippen molar-refractivity contribution in [2.24, 2.45) is 27.9 Å². The van der Waals surface area contributed by atoms with E-state index in [9.17, 15) is 38.7 Å². The first-order valence-electron chi connectivity index (χ1n) is 14.1. The molecule has 0 aromatic rings. The summed E-state index contributed by atoms with van der Waals surface area (Å²) in [7, 11) is 0. The van der Waals surface area contributed by atoms with Gasteiger partial charge in [-0.1, -0.05) is 0 Å². The number of carbonyl (C=O) groups excluding carboxylic acids is 6. The Hall–Kier alpha value is -4.17. The van der Waals surface area contributed by atoms with Crippen LogP contribution in [0.25, 0.3) is 0 Å². The number of aliphatic hydroxyl groups excluding tert-OH is 1. The number of carbonyl (C=O) groups is 7. The molecule has 1 saturated heterocycles. The van der Waals surface area contributed by atoms with Gasteiger partial charge >= 0.3 is 5.97 Å². The van der Waals surface area contributed by atoms with E-state index in [2.05, 4.69) is 26.3 Å². The van der Waals surface area contributed by atoms with Gasteiger partial charge in [-0.05, 0) is 44.1 Å². The number of carboxylic acids is 1. The van der Waals surface area contributed by atoms with Crippen LogP contribution < -0.4 is 44.2 Å². The minimum atomic E-state index is -1.47. The van der Waals surface area contributed by atoms with Crippen LogP contribution in [0.3, 0.4) is 0 Å². The molecule has 14 N–H and O–H groups in total. The topological polar surface area (TPSA) is 328 Å². The second kappa shape index (κ2) is 20.0. The molecular formula is C25H44N10O9S. The summed E-state index contributed by atoms with van der Waals surface area (Å²) in [5.74, 6) is -5.78. The van der Waals surface area contributed by atoms with E-state index in [0.717, 1.165) is 4.90 Å². The summed E-state index contributed by atoms with van der Waals surface area (Å²) in [6, 6.07) is -6.21. The predicted octanol–water partition coefficient (Wildman–Crippen LogP) is -5.37. The number of primary amides is 1. The van der Waals surface area contributed by atoms with Gasteiger partial charge in [-0.25, -0.2) is 4.79 Å². The van der Waals surface area contributed by atoms with E-state index < -0.39 is 91.2 Å². The van der Waals surface area contributed by atoms with Gasteiger partial charge in [0.1, 0.15) is 30.2 Å². The fourth-order valence-corrected chi connectivity index (χ4v) is 4.81. The van der Waals surface area contributed by atoms with E-state index in [4.69, 9.17) is 28.0 Å². The Kier molecular flexibility index (Phi) is 17.2. The molecule has 0 aliphatic carbocycles. The van der Waals surface area contributed by atoms with E-state index in [0.29, 0.717) is 12.2 Å². The molecule has 0 aromatic carbocycles. The lowest BCUT2D eigenvalue weighted by Crippen LogP contribution is -2.58. The summed E-state index contributed by atoms with van der Waals surface area (Å²) in [4.78, 5) is 92.3. The zero-order valence-electron chi connectivity index (χ0n) is 25.0. The second-order valence-corrected chi connectivity index (χ2v) is 11.2. The Bertz CT molecular complexity index is 1110. The molecule has 1 rings (SSSR count). The SMILES string of the molecule is CSCC[C@H](NC(=O)[C@@H](N)CO)C(=O)N[C@@H](CC(N)=O)C(=O)N1CCC[C@H]1C(=O)NCC(=O)N[C@@H](CCCN=C(N)N)C(=O)O. The number of nitrogens with one attached hydrogen (secondary N) is 4. The number of nitrogens with two attached hydrogens (primary N) is 4. The van der Waals surface area contributed by atoms with Crippen LogP contribution in [-0.4, -0.2) is 131 Å². The highest BCUT2D eigenvalue weighted by atomic mass is 32.2. The Balaban J connectivity index is 2.90. The molecule has 6 amide bonds. The highest BCUT2D eigenvalue weighted by molar-refractivity contribution is 7.98. The number of guanidine groups is 1. The van der Waals surface area contributed by atoms with Crippen molar-refractivity contribution in [3.05, 3.63) is 0 Å². The van der Waals surface area contributed by atoms with E-state index in [1.165, 1.54) is 11.8 Å². The number of aliphatic hydroxyl groups is 1. The molecule has 1 fully saturated rings. The average molecular weight is 661 g/mol. The van der Waals surface area contributed by atoms with E-state index in [-0.39, 0.29) is 44.7 Å². The fraction of sp³-hybridized carbons (Fsp3) is 0.680. The molecular weight excluding hydrogens is 616 g/mol. The highest BCUT2D eigenvalue weighted by Gasteiger charge is 2.39. The van der Waals surface area contributed by atoms with Gasteiger partial charge in [-0.3, -0.25) is 33.8 Å². The predicted molar refractivity (Wildman–Crippen MR) is 163 cm³/mol. The number of likely N-dealkylation sites (tertiary alicyclic amines) is 1. The number of thioether (sulfide) groups is 1. The van der Waals surface area contributed by atoms with E-state index in [1.807, 2.05) is 0 Å². The summed E-state index contributed by atoms with van der Waals surface area (Å²) < 4.78 is 0. The third kappa shape index (κ3) is 14.0. The Morgan fingerprint density at radius 3 is 2.22 bits per heavy atom. The molecule has 254 valence electrons. The van der Waals surface area contributed by atoms with Gasteiger partial charge in [0, 0.05) is 13.1 Å². The number of hydrogen-bond donors (Lipinski definition) is 10. The van der Waals surface area contributed by atoms with Crippen molar-refractivity contribution in [1.82, 2.24) is 26.2 Å². The summed E-state index contributed by atoms with van der Waals surface area (Å²) in [6.07, 6.45) is 2.23. The molecule has 0 bridgehead atoms. The van der Waals surface area contributed by atoms with E-state index in [1.54, 1.807) is 6.26 Å². The third-order valence-electron chi connectivity index (χ3n) is 6.64. The number of rotatable bonds is 20. The van der Waals surface area contributed by atoms with Gasteiger partial charge in [0.2, 0.25) is 35.4 Å². The molecule has 1 heterocycles. The largest absolute Gasteiger partial charge is 0.480 e. The molecule has 1 aliphatic rings. The van der Waals surface area contributed by atoms with E-state index >= 15 is 0 Å². The van der Waals surface area contributed by atoms with Crippen LogP contribution >= 0.6 is 11.8 Å². The monoisotopic (exact) mass is 660 g/mol. The lowest BCUT2D eigenvalue weighted by atomic mass is 10.1. The summed E-state index contributed by atoms with van der Waals surface area (Å²) in [5.41, 5.74) is 21.3. The van der Waals surface area contributed by atoms with Crippen molar-refractivity contribution < 1.29 is 43.8 Å². The van der Waals surface area contributed by atoms with Crippen LogP contribution in [0.5, 0.6) is 0 Å². The maximum absolute atomic E-state index is 13.5. The quantitative estimate of drug-likeness (QED) is 0.0332. The van der Waals surface area contributed by atoms with Gasteiger partial charge in [-0.2, -0.15) is 11.8 Å². The Morgan fingerprint density at radius 1 is 0.978 bits per heavy atom. The smallest absolute Gasteiger partial charge is 0.326 e. The first kappa shape index (κ1) is 38.9. The third-order valence-corrected chi connectivity index (χ3v) is 7.28. The van der Waals surface area contributed by atoms with Crippen molar-refractivity contribution in [2.75, 3.05) is 38.2 Å². The zero-order valence-corrected chi connectivity index (χ0v) is 25.8. The van der Waals surface area contributed by atoms with Crippen LogP contribution in [-0.2, 0) is 33.6 Å². The number of carboxylic acid groups (broad SMARTS) is 1. The van der Waals surface area contributed by atoms with Gasteiger partial charge < -0.3 is 59.3 Å². The summed E-state index contributed by atoms with van der Waals surface area (Å²) >= 11 is 1.39. The first-order valence-corrected chi connectivity index (χ1v) is 15.5. The average Bonchev–Trinajstić information content (AvgIpc) is 3.47. The number of nitrogens with zero attached hydrogens (tertiary/aromatic N) is 2. The van der Waals surface area contributed by atoms with Crippen molar-refractivity contribution in [2.45, 2.75) is 68.7 Å². The van der Waals surface area contributed by atoms with Gasteiger partial charge in [-0.15, -0.1) is 0 Å². The van der Waals surface area contributed by atoms with Crippen LogP contribution in [0.1, 0.15) is 38.5 Å². The molecule has 19 nitrogen and oxygen atoms in total. The van der Waals surface area contributed by atoms with Crippen LogP contribution in [0.15, 0.2) is 4.99 Å². The van der Waals surface area contributed by atoms with Crippen molar-refractivity contribution in [3.63, 3.8) is 0 Å². The van der Waals surface area contributed by atoms with Crippen molar-refractivity contribution in [3.8, 4) is 0 Å². The van der Waals surface area contributed by atoms with Gasteiger partial charge in [0.15, 0.2) is 5.96 Å². The number of amides is 6. The molecule has 0 spiro atoms. The van der Waals surface area contributed by atoms with Gasteiger partial charge in [0.25, 0.3) is 0 Å². The van der Waals surface area contributed by atoms with Crippen LogP contribution in [0.2, 0.25) is 0 Å². The van der Waals surface area contributed by atoms with Crippen LogP contribution in [0.4, 0.5) is 0 Å². The van der Waals surface area contributed by atoms with Crippen molar-refractivity contribution >= 4 is 59.1 Å². The molecule has 45 heavy (non-hydrogen) atoms. The molecule has 0 saturated carbocycles. The Morgan fingerprint density at radius 2 is 1.64 bits per heavy atom. The molecule has 5 atom stereocenters. The Labute approximate surface area is 264 Å². The minimum absolute atomic E-state index is 0.0275. The minimum Gasteiger partial charge on any atom is -0.480 e. The lowest BCUT2D eigenvalue weighted by Gasteiger charge is -2.29. The maximum atomic E-state index is 13.5. The summed E-state index contributed by atoms with van der Waals surface area (Å²) in [6.45, 7) is -0.981. The second-order valence-electron chi connectivity index (χ2n) is 10.2. The lowest BCUT2D eigenvalue weighted by molar-refractivity contribution is -0.143. The molecule has 20 heteroatoms. The van der Waals surface area contributed by atoms with Crippen LogP contribution in [0, 0.1) is 0 Å². The first-order chi connectivity index (χ1) is 21.2.